The van der Waals surface area contributed by atoms with Gasteiger partial charge in [0.1, 0.15) is 24.2 Å². The Morgan fingerprint density at radius 3 is 2.75 bits per heavy atom. The first-order chi connectivity index (χ1) is 7.63. The molecule has 6 heteroatoms. The Morgan fingerprint density at radius 2 is 2.25 bits per heavy atom. The minimum Gasteiger partial charge on any atom is -0.489 e. The molecule has 2 N–H and O–H groups in total. The number of nitrogens with zero attached hydrogens (tertiary/aromatic N) is 1. The second-order valence-electron chi connectivity index (χ2n) is 3.10. The van der Waals surface area contributed by atoms with Crippen LogP contribution >= 0.6 is 0 Å². The number of pyridine rings is 1. The number of ether oxygens (including phenoxy) is 2. The maximum absolute atomic E-state index is 10.5. The van der Waals surface area contributed by atoms with Crippen molar-refractivity contribution in [2.45, 2.75) is 6.10 Å². The van der Waals surface area contributed by atoms with E-state index in [1.807, 2.05) is 0 Å². The second-order valence-corrected chi connectivity index (χ2v) is 3.10. The van der Waals surface area contributed by atoms with Crippen LogP contribution in [0.15, 0.2) is 18.3 Å². The smallest absolute Gasteiger partial charge is 0.354 e. The summed E-state index contributed by atoms with van der Waals surface area (Å²) >= 11 is 0. The van der Waals surface area contributed by atoms with E-state index < -0.39 is 12.1 Å². The van der Waals surface area contributed by atoms with Gasteiger partial charge in [0.15, 0.2) is 0 Å². The average Bonchev–Trinajstić information content (AvgIpc) is 2.27. The number of carboxylic acids is 1. The summed E-state index contributed by atoms with van der Waals surface area (Å²) in [6.45, 7) is 0.253. The summed E-state index contributed by atoms with van der Waals surface area (Å²) in [6.07, 6.45) is 0.576. The Labute approximate surface area is 92.5 Å². The molecule has 1 aromatic rings. The van der Waals surface area contributed by atoms with Gasteiger partial charge in [-0.3, -0.25) is 0 Å². The van der Waals surface area contributed by atoms with Crippen LogP contribution in [0.1, 0.15) is 10.5 Å². The number of aliphatic hydroxyl groups excluding tert-OH is 1. The number of hydrogen-bond acceptors (Lipinski definition) is 5. The van der Waals surface area contributed by atoms with Crippen LogP contribution < -0.4 is 4.74 Å². The van der Waals surface area contributed by atoms with Crippen molar-refractivity contribution in [3.63, 3.8) is 0 Å². The van der Waals surface area contributed by atoms with Gasteiger partial charge in [0.25, 0.3) is 0 Å². The van der Waals surface area contributed by atoms with Gasteiger partial charge >= 0.3 is 5.97 Å². The van der Waals surface area contributed by atoms with E-state index in [1.165, 1.54) is 25.4 Å². The lowest BCUT2D eigenvalue weighted by atomic mass is 10.3. The number of aliphatic hydroxyl groups is 1. The van der Waals surface area contributed by atoms with Crippen molar-refractivity contribution in [3.8, 4) is 5.75 Å². The van der Waals surface area contributed by atoms with E-state index in [9.17, 15) is 9.90 Å². The fourth-order valence-electron chi connectivity index (χ4n) is 1.03. The van der Waals surface area contributed by atoms with Crippen molar-refractivity contribution >= 4 is 5.97 Å². The normalized spacial score (nSPS) is 12.1. The molecule has 0 aliphatic heterocycles. The highest BCUT2D eigenvalue weighted by Gasteiger charge is 2.06. The maximum atomic E-state index is 10.5. The van der Waals surface area contributed by atoms with Crippen LogP contribution in [-0.4, -0.2) is 47.6 Å². The Kier molecular flexibility index (Phi) is 4.68. The Morgan fingerprint density at radius 1 is 1.50 bits per heavy atom. The van der Waals surface area contributed by atoms with Gasteiger partial charge in [-0.05, 0) is 12.1 Å². The molecular weight excluding hydrogens is 214 g/mol. The summed E-state index contributed by atoms with van der Waals surface area (Å²) in [7, 11) is 1.48. The van der Waals surface area contributed by atoms with Crippen LogP contribution in [0.2, 0.25) is 0 Å². The van der Waals surface area contributed by atoms with Crippen LogP contribution in [0.3, 0.4) is 0 Å². The lowest BCUT2D eigenvalue weighted by molar-refractivity contribution is 0.0324. The van der Waals surface area contributed by atoms with Crippen molar-refractivity contribution in [2.75, 3.05) is 20.3 Å². The number of carboxylic acid groups (broad SMARTS) is 1. The molecule has 0 bridgehead atoms. The quantitative estimate of drug-likeness (QED) is 0.720. The highest BCUT2D eigenvalue weighted by molar-refractivity contribution is 5.85. The van der Waals surface area contributed by atoms with Crippen molar-refractivity contribution in [3.05, 3.63) is 24.0 Å². The molecule has 6 nitrogen and oxygen atoms in total. The molecule has 0 fully saturated rings. The van der Waals surface area contributed by atoms with Gasteiger partial charge in [-0.25, -0.2) is 9.78 Å². The molecular formula is C10H13NO5. The van der Waals surface area contributed by atoms with Gasteiger partial charge in [-0.2, -0.15) is 0 Å². The molecule has 0 radical (unpaired) electrons. The number of methoxy groups -OCH3 is 1. The van der Waals surface area contributed by atoms with Gasteiger partial charge in [0, 0.05) is 7.11 Å². The highest BCUT2D eigenvalue weighted by Crippen LogP contribution is 2.09. The molecule has 1 heterocycles. The fraction of sp³-hybridized carbons (Fsp3) is 0.400. The van der Waals surface area contributed by atoms with Gasteiger partial charge in [-0.15, -0.1) is 0 Å². The molecule has 0 saturated heterocycles. The molecule has 0 spiro atoms. The molecule has 16 heavy (non-hydrogen) atoms. The van der Waals surface area contributed by atoms with Crippen LogP contribution in [0.25, 0.3) is 0 Å². The standard InChI is InChI=1S/C10H13NO5/c1-15-5-7(12)6-16-8-2-3-9(10(13)14)11-4-8/h2-4,7,12H,5-6H2,1H3,(H,13,14). The fourth-order valence-corrected chi connectivity index (χ4v) is 1.03. The third kappa shape index (κ3) is 3.84. The van der Waals surface area contributed by atoms with Crippen molar-refractivity contribution in [2.24, 2.45) is 0 Å². The predicted octanol–water partition coefficient (Wildman–Crippen LogP) is 0.166. The topological polar surface area (TPSA) is 88.9 Å². The van der Waals surface area contributed by atoms with Crippen LogP contribution in [0.4, 0.5) is 0 Å². The Bertz CT molecular complexity index is 338. The number of hydrogen-bond donors (Lipinski definition) is 2. The third-order valence-corrected chi connectivity index (χ3v) is 1.76. The first-order valence-electron chi connectivity index (χ1n) is 4.62. The number of aromatic carboxylic acids is 1. The Hall–Kier alpha value is -1.66. The lowest BCUT2D eigenvalue weighted by Gasteiger charge is -2.10. The molecule has 88 valence electrons. The van der Waals surface area contributed by atoms with Crippen molar-refractivity contribution in [1.29, 1.82) is 0 Å². The first kappa shape index (κ1) is 12.4. The number of rotatable bonds is 6. The van der Waals surface area contributed by atoms with Crippen LogP contribution in [-0.2, 0) is 4.74 Å². The van der Waals surface area contributed by atoms with E-state index in [0.29, 0.717) is 5.75 Å². The minimum absolute atomic E-state index is 0.0511. The Balaban J connectivity index is 2.46. The summed E-state index contributed by atoms with van der Waals surface area (Å²) in [5.74, 6) is -0.689. The summed E-state index contributed by atoms with van der Waals surface area (Å²) in [6, 6.07) is 2.82. The van der Waals surface area contributed by atoms with Crippen LogP contribution in [0.5, 0.6) is 5.75 Å². The van der Waals surface area contributed by atoms with E-state index in [0.717, 1.165) is 0 Å². The molecule has 1 rings (SSSR count). The predicted molar refractivity (Wildman–Crippen MR) is 54.6 cm³/mol. The summed E-state index contributed by atoms with van der Waals surface area (Å²) in [5, 5.41) is 17.9. The molecule has 0 aromatic carbocycles. The molecule has 0 aliphatic rings. The lowest BCUT2D eigenvalue weighted by Crippen LogP contribution is -2.22. The second kappa shape index (κ2) is 6.04. The van der Waals surface area contributed by atoms with Gasteiger partial charge in [0.05, 0.1) is 12.8 Å². The average molecular weight is 227 g/mol. The highest BCUT2D eigenvalue weighted by atomic mass is 16.5. The van der Waals surface area contributed by atoms with E-state index in [2.05, 4.69) is 4.98 Å². The molecule has 0 amide bonds. The third-order valence-electron chi connectivity index (χ3n) is 1.76. The van der Waals surface area contributed by atoms with Crippen LogP contribution in [0, 0.1) is 0 Å². The van der Waals surface area contributed by atoms with Crippen molar-refractivity contribution in [1.82, 2.24) is 4.98 Å². The largest absolute Gasteiger partial charge is 0.489 e. The SMILES string of the molecule is COCC(O)COc1ccc(C(=O)O)nc1. The molecule has 1 unspecified atom stereocenters. The maximum Gasteiger partial charge on any atom is 0.354 e. The van der Waals surface area contributed by atoms with E-state index in [-0.39, 0.29) is 18.9 Å². The van der Waals surface area contributed by atoms with E-state index >= 15 is 0 Å². The minimum atomic E-state index is -1.09. The molecule has 1 atom stereocenters. The summed E-state index contributed by atoms with van der Waals surface area (Å²) in [4.78, 5) is 14.2. The monoisotopic (exact) mass is 227 g/mol. The zero-order valence-corrected chi connectivity index (χ0v) is 8.79. The van der Waals surface area contributed by atoms with Gasteiger partial charge < -0.3 is 19.7 Å². The molecule has 0 aliphatic carbocycles. The van der Waals surface area contributed by atoms with E-state index in [1.54, 1.807) is 0 Å². The van der Waals surface area contributed by atoms with Gasteiger partial charge in [0.2, 0.25) is 0 Å². The molecule has 0 saturated carbocycles. The molecule has 1 aromatic heterocycles. The number of carbonyl (C=O) groups is 1. The summed E-state index contributed by atoms with van der Waals surface area (Å²) < 4.78 is 9.89. The zero-order valence-electron chi connectivity index (χ0n) is 8.79. The van der Waals surface area contributed by atoms with E-state index in [4.69, 9.17) is 14.6 Å². The summed E-state index contributed by atoms with van der Waals surface area (Å²) in [5.41, 5.74) is -0.0511. The van der Waals surface area contributed by atoms with Gasteiger partial charge in [-0.1, -0.05) is 0 Å². The zero-order chi connectivity index (χ0) is 12.0. The first-order valence-corrected chi connectivity index (χ1v) is 4.62. The number of aromatic nitrogens is 1. The van der Waals surface area contributed by atoms with Crippen molar-refractivity contribution < 1.29 is 24.5 Å².